The van der Waals surface area contributed by atoms with Gasteiger partial charge < -0.3 is 19.9 Å². The molecule has 0 fully saturated rings. The van der Waals surface area contributed by atoms with Crippen molar-refractivity contribution in [2.45, 2.75) is 6.54 Å². The van der Waals surface area contributed by atoms with E-state index in [-0.39, 0.29) is 12.5 Å². The monoisotopic (exact) mass is 369 g/mol. The molecule has 0 radical (unpaired) electrons. The second-order valence-electron chi connectivity index (χ2n) is 4.17. The number of rotatable bonds is 3. The molecule has 5 heteroatoms. The third-order valence-electron chi connectivity index (χ3n) is 2.92. The molecular weight excluding hydrogens is 357 g/mol. The zero-order chi connectivity index (χ0) is 13.2. The fourth-order valence-corrected chi connectivity index (χ4v) is 2.49. The molecule has 1 heterocycles. The number of anilines is 1. The Morgan fingerprint density at radius 2 is 1.89 bits per heavy atom. The summed E-state index contributed by atoms with van der Waals surface area (Å²) in [7, 11) is 0. The van der Waals surface area contributed by atoms with Gasteiger partial charge in [-0.05, 0) is 40.8 Å². The molecule has 0 bridgehead atoms. The van der Waals surface area contributed by atoms with Crippen molar-refractivity contribution < 1.29 is 14.6 Å². The van der Waals surface area contributed by atoms with Crippen LogP contribution >= 0.6 is 22.6 Å². The van der Waals surface area contributed by atoms with Crippen molar-refractivity contribution in [1.29, 1.82) is 0 Å². The maximum absolute atomic E-state index is 9.94. The Bertz CT molecular complexity index is 616. The number of hydrogen-bond acceptors (Lipinski definition) is 4. The molecule has 0 aliphatic carbocycles. The van der Waals surface area contributed by atoms with Gasteiger partial charge in [0.1, 0.15) is 5.75 Å². The molecule has 2 aromatic rings. The van der Waals surface area contributed by atoms with Gasteiger partial charge in [-0.15, -0.1) is 0 Å². The number of aromatic hydroxyl groups is 1. The Balaban J connectivity index is 1.79. The molecule has 2 aromatic carbocycles. The van der Waals surface area contributed by atoms with Crippen molar-refractivity contribution in [3.8, 4) is 17.2 Å². The van der Waals surface area contributed by atoms with Crippen molar-refractivity contribution in [3.05, 3.63) is 45.5 Å². The molecule has 19 heavy (non-hydrogen) atoms. The molecular formula is C14H12INO3. The highest BCUT2D eigenvalue weighted by molar-refractivity contribution is 14.1. The molecule has 0 aromatic heterocycles. The highest BCUT2D eigenvalue weighted by Gasteiger charge is 2.16. The average molecular weight is 369 g/mol. The van der Waals surface area contributed by atoms with Crippen LogP contribution in [0.5, 0.6) is 17.2 Å². The molecule has 3 rings (SSSR count). The molecule has 2 N–H and O–H groups in total. The summed E-state index contributed by atoms with van der Waals surface area (Å²) in [6, 6.07) is 11.4. The van der Waals surface area contributed by atoms with Crippen LogP contribution in [0, 0.1) is 3.57 Å². The second kappa shape index (κ2) is 5.16. The number of ether oxygens (including phenoxy) is 2. The minimum absolute atomic E-state index is 0.211. The third-order valence-corrected chi connectivity index (χ3v) is 3.86. The van der Waals surface area contributed by atoms with Crippen molar-refractivity contribution in [1.82, 2.24) is 0 Å². The van der Waals surface area contributed by atoms with Crippen LogP contribution in [-0.2, 0) is 6.54 Å². The summed E-state index contributed by atoms with van der Waals surface area (Å²) in [6.07, 6.45) is 0. The number of phenols is 1. The van der Waals surface area contributed by atoms with Gasteiger partial charge in [0.05, 0.1) is 0 Å². The summed E-state index contributed by atoms with van der Waals surface area (Å²) >= 11 is 2.27. The number of para-hydroxylation sites is 1. The average Bonchev–Trinajstić information content (AvgIpc) is 2.84. The van der Waals surface area contributed by atoms with Gasteiger partial charge in [0.15, 0.2) is 11.5 Å². The van der Waals surface area contributed by atoms with Crippen LogP contribution in [0.2, 0.25) is 0 Å². The van der Waals surface area contributed by atoms with Crippen molar-refractivity contribution in [2.75, 3.05) is 12.1 Å². The van der Waals surface area contributed by atoms with E-state index in [9.17, 15) is 5.11 Å². The summed E-state index contributed by atoms with van der Waals surface area (Å²) < 4.78 is 11.7. The fraction of sp³-hybridized carbons (Fsp3) is 0.143. The zero-order valence-corrected chi connectivity index (χ0v) is 12.2. The fourth-order valence-electron chi connectivity index (χ4n) is 1.91. The Morgan fingerprint density at radius 1 is 1.16 bits per heavy atom. The van der Waals surface area contributed by atoms with Crippen LogP contribution in [0.25, 0.3) is 0 Å². The standard InChI is InChI=1S/C14H12INO3/c15-10-3-1-2-4-11(10)16-7-9-5-13-14(6-12(9)17)19-8-18-13/h1-6,16-17H,7-8H2. The van der Waals surface area contributed by atoms with E-state index in [1.54, 1.807) is 12.1 Å². The number of fused-ring (bicyclic) bond motifs is 1. The first-order chi connectivity index (χ1) is 9.24. The molecule has 0 saturated heterocycles. The van der Waals surface area contributed by atoms with Gasteiger partial charge in [0, 0.05) is 27.4 Å². The normalized spacial score (nSPS) is 12.5. The largest absolute Gasteiger partial charge is 0.507 e. The Kier molecular flexibility index (Phi) is 3.37. The van der Waals surface area contributed by atoms with Gasteiger partial charge in [0.2, 0.25) is 6.79 Å². The zero-order valence-electron chi connectivity index (χ0n) is 10.0. The molecule has 0 saturated carbocycles. The molecule has 1 aliphatic heterocycles. The van der Waals surface area contributed by atoms with E-state index in [0.29, 0.717) is 18.0 Å². The highest BCUT2D eigenvalue weighted by Crippen LogP contribution is 2.37. The summed E-state index contributed by atoms with van der Waals surface area (Å²) in [6.45, 7) is 0.741. The lowest BCUT2D eigenvalue weighted by molar-refractivity contribution is 0.174. The van der Waals surface area contributed by atoms with E-state index in [1.165, 1.54) is 0 Å². The molecule has 0 spiro atoms. The summed E-state index contributed by atoms with van der Waals surface area (Å²) in [5.41, 5.74) is 1.82. The third kappa shape index (κ3) is 2.56. The van der Waals surface area contributed by atoms with Gasteiger partial charge in [-0.1, -0.05) is 12.1 Å². The maximum Gasteiger partial charge on any atom is 0.231 e. The number of nitrogens with one attached hydrogen (secondary N) is 1. The smallest absolute Gasteiger partial charge is 0.231 e. The molecule has 4 nitrogen and oxygen atoms in total. The van der Waals surface area contributed by atoms with E-state index in [2.05, 4.69) is 27.9 Å². The summed E-state index contributed by atoms with van der Waals surface area (Å²) in [4.78, 5) is 0. The van der Waals surface area contributed by atoms with Gasteiger partial charge in [-0.3, -0.25) is 0 Å². The van der Waals surface area contributed by atoms with E-state index in [0.717, 1.165) is 14.8 Å². The Morgan fingerprint density at radius 3 is 2.68 bits per heavy atom. The van der Waals surface area contributed by atoms with E-state index >= 15 is 0 Å². The molecule has 0 unspecified atom stereocenters. The van der Waals surface area contributed by atoms with Crippen molar-refractivity contribution in [3.63, 3.8) is 0 Å². The van der Waals surface area contributed by atoms with Gasteiger partial charge in [-0.2, -0.15) is 0 Å². The number of hydrogen-bond donors (Lipinski definition) is 2. The second-order valence-corrected chi connectivity index (χ2v) is 5.33. The lowest BCUT2D eigenvalue weighted by Gasteiger charge is -2.10. The Labute approximate surface area is 124 Å². The number of phenolic OH excluding ortho intramolecular Hbond substituents is 1. The van der Waals surface area contributed by atoms with Crippen LogP contribution in [-0.4, -0.2) is 11.9 Å². The van der Waals surface area contributed by atoms with Crippen LogP contribution in [0.15, 0.2) is 36.4 Å². The molecule has 0 amide bonds. The molecule has 98 valence electrons. The molecule has 1 aliphatic rings. The predicted octanol–water partition coefficient (Wildman–Crippen LogP) is 3.34. The first-order valence-electron chi connectivity index (χ1n) is 5.84. The predicted molar refractivity (Wildman–Crippen MR) is 80.7 cm³/mol. The maximum atomic E-state index is 9.94. The number of halogens is 1. The first kappa shape index (κ1) is 12.4. The number of benzene rings is 2. The van der Waals surface area contributed by atoms with Gasteiger partial charge in [-0.25, -0.2) is 0 Å². The minimum Gasteiger partial charge on any atom is -0.507 e. The summed E-state index contributed by atoms with van der Waals surface area (Å²) in [5.74, 6) is 1.48. The molecule has 0 atom stereocenters. The summed E-state index contributed by atoms with van der Waals surface area (Å²) in [5, 5.41) is 13.2. The lowest BCUT2D eigenvalue weighted by Crippen LogP contribution is -2.01. The minimum atomic E-state index is 0.211. The topological polar surface area (TPSA) is 50.7 Å². The SMILES string of the molecule is Oc1cc2c(cc1CNc1ccccc1I)OCO2. The van der Waals surface area contributed by atoms with E-state index < -0.39 is 0 Å². The lowest BCUT2D eigenvalue weighted by atomic mass is 10.1. The van der Waals surface area contributed by atoms with Gasteiger partial charge >= 0.3 is 0 Å². The van der Waals surface area contributed by atoms with E-state index in [1.807, 2.05) is 24.3 Å². The first-order valence-corrected chi connectivity index (χ1v) is 6.92. The van der Waals surface area contributed by atoms with Crippen molar-refractivity contribution in [2.24, 2.45) is 0 Å². The van der Waals surface area contributed by atoms with Crippen LogP contribution in [0.1, 0.15) is 5.56 Å². The van der Waals surface area contributed by atoms with Gasteiger partial charge in [0.25, 0.3) is 0 Å². The van der Waals surface area contributed by atoms with E-state index in [4.69, 9.17) is 9.47 Å². The Hall–Kier alpha value is -1.63. The quantitative estimate of drug-likeness (QED) is 0.815. The van der Waals surface area contributed by atoms with Crippen molar-refractivity contribution >= 4 is 28.3 Å². The van der Waals surface area contributed by atoms with Crippen LogP contribution < -0.4 is 14.8 Å². The van der Waals surface area contributed by atoms with Crippen LogP contribution in [0.3, 0.4) is 0 Å². The highest BCUT2D eigenvalue weighted by atomic mass is 127. The van der Waals surface area contributed by atoms with Crippen LogP contribution in [0.4, 0.5) is 5.69 Å².